The first kappa shape index (κ1) is 21.8. The molecule has 166 valence electrons. The molecule has 3 aromatic rings. The minimum atomic E-state index is -1.49. The lowest BCUT2D eigenvalue weighted by atomic mass is 9.69. The lowest BCUT2D eigenvalue weighted by Gasteiger charge is -2.35. The number of benzene rings is 3. The van der Waals surface area contributed by atoms with E-state index in [-0.39, 0.29) is 5.78 Å². The minimum Gasteiger partial charge on any atom is -0.497 e. The molecule has 1 saturated heterocycles. The third-order valence-electron chi connectivity index (χ3n) is 6.77. The Hall–Kier alpha value is -4.06. The second-order valence-electron chi connectivity index (χ2n) is 8.43. The summed E-state index contributed by atoms with van der Waals surface area (Å²) < 4.78 is 5.30. The van der Waals surface area contributed by atoms with E-state index >= 15 is 0 Å². The first-order chi connectivity index (χ1) is 16.5. The van der Waals surface area contributed by atoms with Crippen molar-refractivity contribution < 1.29 is 9.53 Å². The molecule has 5 nitrogen and oxygen atoms in total. The maximum Gasteiger partial charge on any atom is 0.185 e. The number of Topliss-reactive ketones (excluding diaryl/α,β-unsaturated/α-hetero) is 1. The van der Waals surface area contributed by atoms with Crippen LogP contribution in [0.15, 0.2) is 78.9 Å². The highest BCUT2D eigenvalue weighted by atomic mass is 35.5. The van der Waals surface area contributed by atoms with Crippen LogP contribution in [-0.4, -0.2) is 25.0 Å². The van der Waals surface area contributed by atoms with Crippen molar-refractivity contribution in [1.82, 2.24) is 0 Å². The second kappa shape index (κ2) is 8.37. The smallest absolute Gasteiger partial charge is 0.185 e. The summed E-state index contributed by atoms with van der Waals surface area (Å²) in [7, 11) is 1.58. The van der Waals surface area contributed by atoms with Crippen LogP contribution in [0.1, 0.15) is 27.4 Å². The predicted octanol–water partition coefficient (Wildman–Crippen LogP) is 5.63. The van der Waals surface area contributed by atoms with E-state index < -0.39 is 23.4 Å². The first-order valence-electron chi connectivity index (χ1n) is 10.9. The molecule has 0 spiro atoms. The number of methoxy groups -OCH3 is 1. The van der Waals surface area contributed by atoms with Crippen LogP contribution in [0, 0.1) is 28.1 Å². The highest BCUT2D eigenvalue weighted by molar-refractivity contribution is 6.30. The van der Waals surface area contributed by atoms with Gasteiger partial charge in [0.1, 0.15) is 11.8 Å². The molecule has 5 rings (SSSR count). The van der Waals surface area contributed by atoms with Crippen molar-refractivity contribution in [2.45, 2.75) is 18.0 Å². The highest BCUT2D eigenvalue weighted by Gasteiger charge is 2.63. The lowest BCUT2D eigenvalue weighted by molar-refractivity contribution is 0.0951. The van der Waals surface area contributed by atoms with E-state index in [2.05, 4.69) is 12.1 Å². The Bertz CT molecular complexity index is 1360. The number of halogens is 1. The number of nitriles is 2. The lowest BCUT2D eigenvalue weighted by Crippen LogP contribution is -2.44. The van der Waals surface area contributed by atoms with E-state index in [0.717, 1.165) is 16.8 Å². The quantitative estimate of drug-likeness (QED) is 0.466. The van der Waals surface area contributed by atoms with Crippen LogP contribution in [0.3, 0.4) is 0 Å². The minimum absolute atomic E-state index is 0.144. The van der Waals surface area contributed by atoms with Gasteiger partial charge < -0.3 is 9.64 Å². The molecule has 34 heavy (non-hydrogen) atoms. The molecule has 0 saturated carbocycles. The van der Waals surface area contributed by atoms with Gasteiger partial charge in [0, 0.05) is 22.2 Å². The van der Waals surface area contributed by atoms with Gasteiger partial charge in [0.05, 0.1) is 25.3 Å². The van der Waals surface area contributed by atoms with Crippen molar-refractivity contribution in [2.75, 3.05) is 12.0 Å². The average Bonchev–Trinajstić information content (AvgIpc) is 3.19. The number of nitrogens with zero attached hydrogens (tertiary/aromatic N) is 3. The molecule has 0 N–H and O–H groups in total. The van der Waals surface area contributed by atoms with E-state index in [0.29, 0.717) is 16.3 Å². The molecule has 3 atom stereocenters. The fourth-order valence-electron chi connectivity index (χ4n) is 5.22. The topological polar surface area (TPSA) is 77.1 Å². The molecule has 2 aliphatic heterocycles. The van der Waals surface area contributed by atoms with Crippen molar-refractivity contribution in [3.05, 3.63) is 101 Å². The zero-order valence-corrected chi connectivity index (χ0v) is 19.1. The van der Waals surface area contributed by atoms with Gasteiger partial charge in [0.15, 0.2) is 11.2 Å². The van der Waals surface area contributed by atoms with E-state index in [4.69, 9.17) is 16.3 Å². The summed E-state index contributed by atoms with van der Waals surface area (Å²) in [4.78, 5) is 16.0. The number of anilines is 1. The molecule has 2 aliphatic rings. The van der Waals surface area contributed by atoms with Crippen molar-refractivity contribution in [3.8, 4) is 17.9 Å². The molecular formula is C28H20ClN3O2. The Morgan fingerprint density at radius 2 is 1.74 bits per heavy atom. The van der Waals surface area contributed by atoms with Gasteiger partial charge in [-0.05, 0) is 41.5 Å². The van der Waals surface area contributed by atoms with Gasteiger partial charge in [-0.15, -0.1) is 0 Å². The second-order valence-corrected chi connectivity index (χ2v) is 8.87. The van der Waals surface area contributed by atoms with E-state index in [1.807, 2.05) is 59.5 Å². The average molecular weight is 466 g/mol. The fourth-order valence-corrected chi connectivity index (χ4v) is 5.40. The van der Waals surface area contributed by atoms with Crippen molar-refractivity contribution >= 4 is 29.1 Å². The van der Waals surface area contributed by atoms with E-state index in [1.54, 1.807) is 37.4 Å². The van der Waals surface area contributed by atoms with Crippen LogP contribution < -0.4 is 9.64 Å². The number of carbonyl (C=O) groups excluding carboxylic acids is 1. The first-order valence-corrected chi connectivity index (χ1v) is 11.2. The molecular weight excluding hydrogens is 446 g/mol. The summed E-state index contributed by atoms with van der Waals surface area (Å²) in [5.74, 6) is -0.183. The zero-order valence-electron chi connectivity index (χ0n) is 18.4. The Morgan fingerprint density at radius 1 is 1.03 bits per heavy atom. The largest absolute Gasteiger partial charge is 0.497 e. The standard InChI is InChI=1S/C28H20ClN3O2/c1-34-22-11-7-18(8-12-22)25-26(27(33)19-5-3-2-4-6-19)32-23-13-10-21(29)15-20(23)9-14-24(32)28(25,16-30)17-31/h2-15,24-26H,1H3/t24-,25-,26+/m1/s1. The Morgan fingerprint density at radius 3 is 2.38 bits per heavy atom. The molecule has 6 heteroatoms. The number of ketones is 1. The van der Waals surface area contributed by atoms with Crippen molar-refractivity contribution in [3.63, 3.8) is 0 Å². The maximum absolute atomic E-state index is 14.1. The Kier molecular flexibility index (Phi) is 5.36. The highest BCUT2D eigenvalue weighted by Crippen LogP contribution is 2.55. The van der Waals surface area contributed by atoms with Crippen LogP contribution in [0.25, 0.3) is 6.08 Å². The van der Waals surface area contributed by atoms with Crippen molar-refractivity contribution in [1.29, 1.82) is 10.5 Å². The van der Waals surface area contributed by atoms with Crippen LogP contribution in [0.2, 0.25) is 5.02 Å². The van der Waals surface area contributed by atoms with Gasteiger partial charge in [-0.1, -0.05) is 66.2 Å². The van der Waals surface area contributed by atoms with Gasteiger partial charge in [0.2, 0.25) is 0 Å². The summed E-state index contributed by atoms with van der Waals surface area (Å²) in [6, 6.07) is 25.0. The van der Waals surface area contributed by atoms with Crippen molar-refractivity contribution in [2.24, 2.45) is 5.41 Å². The van der Waals surface area contributed by atoms with Gasteiger partial charge in [-0.3, -0.25) is 4.79 Å². The zero-order chi connectivity index (χ0) is 23.9. The third-order valence-corrected chi connectivity index (χ3v) is 7.00. The predicted molar refractivity (Wildman–Crippen MR) is 131 cm³/mol. The Balaban J connectivity index is 1.77. The molecule has 3 aromatic carbocycles. The maximum atomic E-state index is 14.1. The van der Waals surface area contributed by atoms with Crippen LogP contribution in [0.5, 0.6) is 5.75 Å². The number of hydrogen-bond acceptors (Lipinski definition) is 5. The molecule has 0 unspecified atom stereocenters. The molecule has 0 radical (unpaired) electrons. The number of carbonyl (C=O) groups is 1. The molecule has 2 heterocycles. The summed E-state index contributed by atoms with van der Waals surface area (Å²) in [6.45, 7) is 0. The van der Waals surface area contributed by atoms with Gasteiger partial charge >= 0.3 is 0 Å². The monoisotopic (exact) mass is 465 g/mol. The fraction of sp³-hybridized carbons (Fsp3) is 0.179. The van der Waals surface area contributed by atoms with Crippen LogP contribution in [0.4, 0.5) is 5.69 Å². The molecule has 0 aromatic heterocycles. The van der Waals surface area contributed by atoms with Crippen LogP contribution in [-0.2, 0) is 0 Å². The number of ether oxygens (including phenoxy) is 1. The SMILES string of the molecule is COc1ccc([C@@H]2[C@@H](C(=O)c3ccccc3)N3c4ccc(Cl)cc4C=C[C@@H]3C2(C#N)C#N)cc1. The van der Waals surface area contributed by atoms with Gasteiger partial charge in [-0.2, -0.15) is 10.5 Å². The van der Waals surface area contributed by atoms with Gasteiger partial charge in [-0.25, -0.2) is 0 Å². The summed E-state index contributed by atoms with van der Waals surface area (Å²) in [6.07, 6.45) is 3.73. The van der Waals surface area contributed by atoms with Gasteiger partial charge in [0.25, 0.3) is 0 Å². The molecule has 0 amide bonds. The summed E-state index contributed by atoms with van der Waals surface area (Å²) >= 11 is 6.24. The molecule has 1 fully saturated rings. The van der Waals surface area contributed by atoms with E-state index in [1.165, 1.54) is 0 Å². The number of hydrogen-bond donors (Lipinski definition) is 0. The van der Waals surface area contributed by atoms with Crippen LogP contribution >= 0.6 is 11.6 Å². The molecule has 0 aliphatic carbocycles. The number of rotatable bonds is 4. The normalized spacial score (nSPS) is 21.6. The van der Waals surface area contributed by atoms with E-state index in [9.17, 15) is 15.3 Å². The summed E-state index contributed by atoms with van der Waals surface area (Å²) in [5.41, 5.74) is 1.39. The summed E-state index contributed by atoms with van der Waals surface area (Å²) in [5, 5.41) is 21.5. The third kappa shape index (κ3) is 3.17. The Labute approximate surface area is 203 Å². The molecule has 0 bridgehead atoms. The number of fused-ring (bicyclic) bond motifs is 3.